The monoisotopic (exact) mass is 299 g/mol. The number of carboxylic acids is 1. The molecule has 2 rings (SSSR count). The molecule has 0 aromatic heterocycles. The number of amides is 2. The zero-order valence-electron chi connectivity index (χ0n) is 12.8. The van der Waals surface area contributed by atoms with E-state index in [0.717, 1.165) is 12.8 Å². The summed E-state index contributed by atoms with van der Waals surface area (Å²) in [6, 6.07) is -0.0768. The maximum Gasteiger partial charge on any atom is 0.317 e. The third-order valence-corrected chi connectivity index (χ3v) is 4.51. The Morgan fingerprint density at radius 3 is 2.71 bits per heavy atom. The lowest BCUT2D eigenvalue weighted by Crippen LogP contribution is -2.55. The summed E-state index contributed by atoms with van der Waals surface area (Å²) in [5.41, 5.74) is -0.315. The fourth-order valence-electron chi connectivity index (χ4n) is 2.85. The summed E-state index contributed by atoms with van der Waals surface area (Å²) in [6.45, 7) is 7.23. The minimum atomic E-state index is -0.822. The van der Waals surface area contributed by atoms with Gasteiger partial charge in [-0.25, -0.2) is 4.79 Å². The van der Waals surface area contributed by atoms with Crippen molar-refractivity contribution in [3.05, 3.63) is 0 Å². The average molecular weight is 299 g/mol. The molecule has 0 aromatic rings. The van der Waals surface area contributed by atoms with Crippen molar-refractivity contribution in [2.75, 3.05) is 39.3 Å². The number of nitrogens with zero attached hydrogens (tertiary/aromatic N) is 2. The minimum Gasteiger partial charge on any atom is -0.480 e. The highest BCUT2D eigenvalue weighted by Crippen LogP contribution is 2.25. The van der Waals surface area contributed by atoms with Crippen LogP contribution in [0.25, 0.3) is 0 Å². The van der Waals surface area contributed by atoms with Crippen molar-refractivity contribution in [3.63, 3.8) is 0 Å². The SMILES string of the molecule is CC1OCCC1(C)NC(=O)N1CCCN(CC(=O)O)CC1. The molecule has 2 unspecified atom stereocenters. The van der Waals surface area contributed by atoms with Gasteiger partial charge in [-0.1, -0.05) is 0 Å². The molecule has 7 nitrogen and oxygen atoms in total. The van der Waals surface area contributed by atoms with Gasteiger partial charge in [0.2, 0.25) is 0 Å². The number of hydrogen-bond acceptors (Lipinski definition) is 4. The number of hydrogen-bond donors (Lipinski definition) is 2. The first-order chi connectivity index (χ1) is 9.90. The predicted octanol–water partition coefficient (Wildman–Crippen LogP) is 0.356. The molecule has 21 heavy (non-hydrogen) atoms. The maximum absolute atomic E-state index is 12.4. The van der Waals surface area contributed by atoms with E-state index in [1.807, 2.05) is 18.7 Å². The first-order valence-corrected chi connectivity index (χ1v) is 7.53. The molecular weight excluding hydrogens is 274 g/mol. The van der Waals surface area contributed by atoms with Crippen LogP contribution in [-0.2, 0) is 9.53 Å². The van der Waals surface area contributed by atoms with Crippen molar-refractivity contribution in [2.24, 2.45) is 0 Å². The average Bonchev–Trinajstić information content (AvgIpc) is 2.62. The lowest BCUT2D eigenvalue weighted by Gasteiger charge is -2.32. The molecule has 0 saturated carbocycles. The van der Waals surface area contributed by atoms with Gasteiger partial charge in [-0.3, -0.25) is 9.69 Å². The van der Waals surface area contributed by atoms with Gasteiger partial charge in [0.15, 0.2) is 0 Å². The highest BCUT2D eigenvalue weighted by atomic mass is 16.5. The van der Waals surface area contributed by atoms with E-state index in [1.54, 1.807) is 4.90 Å². The van der Waals surface area contributed by atoms with Gasteiger partial charge in [-0.15, -0.1) is 0 Å². The number of carbonyl (C=O) groups excluding carboxylic acids is 1. The van der Waals surface area contributed by atoms with Crippen molar-refractivity contribution in [1.82, 2.24) is 15.1 Å². The van der Waals surface area contributed by atoms with Crippen LogP contribution in [0.3, 0.4) is 0 Å². The molecule has 0 aromatic carbocycles. The standard InChI is InChI=1S/C14H25N3O4/c1-11-14(2,4-9-21-11)15-13(20)17-6-3-5-16(7-8-17)10-12(18)19/h11H,3-10H2,1-2H3,(H,15,20)(H,18,19). The van der Waals surface area contributed by atoms with Gasteiger partial charge in [-0.2, -0.15) is 0 Å². The molecule has 2 atom stereocenters. The smallest absolute Gasteiger partial charge is 0.317 e. The molecule has 2 aliphatic heterocycles. The summed E-state index contributed by atoms with van der Waals surface area (Å²) in [6.07, 6.45) is 1.62. The van der Waals surface area contributed by atoms with Crippen LogP contribution in [-0.4, -0.2) is 77.9 Å². The van der Waals surface area contributed by atoms with Gasteiger partial charge in [0.1, 0.15) is 0 Å². The number of nitrogens with one attached hydrogen (secondary N) is 1. The van der Waals surface area contributed by atoms with E-state index >= 15 is 0 Å². The molecule has 2 heterocycles. The van der Waals surface area contributed by atoms with Crippen LogP contribution in [0.5, 0.6) is 0 Å². The number of urea groups is 1. The predicted molar refractivity (Wildman–Crippen MR) is 77.2 cm³/mol. The third-order valence-electron chi connectivity index (χ3n) is 4.51. The van der Waals surface area contributed by atoms with Crippen molar-refractivity contribution < 1.29 is 19.4 Å². The number of carboxylic acid groups (broad SMARTS) is 1. The fourth-order valence-corrected chi connectivity index (χ4v) is 2.85. The molecule has 0 aliphatic carbocycles. The number of carbonyl (C=O) groups is 2. The quantitative estimate of drug-likeness (QED) is 0.786. The van der Waals surface area contributed by atoms with Gasteiger partial charge < -0.3 is 20.1 Å². The first-order valence-electron chi connectivity index (χ1n) is 7.53. The van der Waals surface area contributed by atoms with Gasteiger partial charge in [0.05, 0.1) is 18.2 Å². The fraction of sp³-hybridized carbons (Fsp3) is 0.857. The minimum absolute atomic E-state index is 0.0111. The molecule has 2 aliphatic rings. The Balaban J connectivity index is 1.87. The van der Waals surface area contributed by atoms with E-state index in [9.17, 15) is 9.59 Å². The maximum atomic E-state index is 12.4. The van der Waals surface area contributed by atoms with Crippen LogP contribution >= 0.6 is 0 Å². The van der Waals surface area contributed by atoms with Crippen LogP contribution in [0.1, 0.15) is 26.7 Å². The van der Waals surface area contributed by atoms with E-state index in [-0.39, 0.29) is 24.2 Å². The topological polar surface area (TPSA) is 82.1 Å². The Hall–Kier alpha value is -1.34. The van der Waals surface area contributed by atoms with Crippen molar-refractivity contribution in [2.45, 2.75) is 38.3 Å². The molecule has 120 valence electrons. The molecule has 2 N–H and O–H groups in total. The number of ether oxygens (including phenoxy) is 1. The molecule has 0 bridgehead atoms. The van der Waals surface area contributed by atoms with E-state index in [4.69, 9.17) is 9.84 Å². The van der Waals surface area contributed by atoms with Gasteiger partial charge >= 0.3 is 12.0 Å². The van der Waals surface area contributed by atoms with E-state index < -0.39 is 5.97 Å². The summed E-state index contributed by atoms with van der Waals surface area (Å²) >= 11 is 0. The molecule has 0 spiro atoms. The lowest BCUT2D eigenvalue weighted by atomic mass is 9.95. The second-order valence-electron chi connectivity index (χ2n) is 6.12. The summed E-state index contributed by atoms with van der Waals surface area (Å²) in [5.74, 6) is -0.822. The summed E-state index contributed by atoms with van der Waals surface area (Å²) in [5, 5.41) is 11.9. The largest absolute Gasteiger partial charge is 0.480 e. The zero-order chi connectivity index (χ0) is 15.5. The second kappa shape index (κ2) is 6.62. The van der Waals surface area contributed by atoms with Crippen LogP contribution in [0.15, 0.2) is 0 Å². The van der Waals surface area contributed by atoms with Gasteiger partial charge in [0, 0.05) is 32.8 Å². The molecule has 2 fully saturated rings. The Morgan fingerprint density at radius 2 is 2.10 bits per heavy atom. The molecule has 7 heteroatoms. The summed E-state index contributed by atoms with van der Waals surface area (Å²) in [7, 11) is 0. The Bertz CT molecular complexity index is 404. The first kappa shape index (κ1) is 16.0. The van der Waals surface area contributed by atoms with Gasteiger partial charge in [-0.05, 0) is 26.7 Å². The summed E-state index contributed by atoms with van der Waals surface area (Å²) in [4.78, 5) is 26.8. The van der Waals surface area contributed by atoms with Crippen LogP contribution in [0.2, 0.25) is 0 Å². The van der Waals surface area contributed by atoms with E-state index in [0.29, 0.717) is 32.8 Å². The third kappa shape index (κ3) is 4.07. The highest BCUT2D eigenvalue weighted by molar-refractivity contribution is 5.75. The molecule has 2 amide bonds. The number of aliphatic carboxylic acids is 1. The Kier molecular flexibility index (Phi) is 5.05. The second-order valence-corrected chi connectivity index (χ2v) is 6.12. The summed E-state index contributed by atoms with van der Waals surface area (Å²) < 4.78 is 5.54. The lowest BCUT2D eigenvalue weighted by molar-refractivity contribution is -0.138. The molecule has 2 saturated heterocycles. The zero-order valence-corrected chi connectivity index (χ0v) is 12.8. The highest BCUT2D eigenvalue weighted by Gasteiger charge is 2.39. The van der Waals surface area contributed by atoms with Gasteiger partial charge in [0.25, 0.3) is 0 Å². The van der Waals surface area contributed by atoms with Crippen LogP contribution in [0.4, 0.5) is 4.79 Å². The van der Waals surface area contributed by atoms with Crippen LogP contribution in [0, 0.1) is 0 Å². The van der Waals surface area contributed by atoms with Crippen molar-refractivity contribution >= 4 is 12.0 Å². The molecular formula is C14H25N3O4. The number of rotatable bonds is 3. The van der Waals surface area contributed by atoms with E-state index in [1.165, 1.54) is 0 Å². The van der Waals surface area contributed by atoms with E-state index in [2.05, 4.69) is 5.32 Å². The Labute approximate surface area is 125 Å². The normalized spacial score (nSPS) is 31.0. The van der Waals surface area contributed by atoms with Crippen LogP contribution < -0.4 is 5.32 Å². The van der Waals surface area contributed by atoms with Crippen molar-refractivity contribution in [1.29, 1.82) is 0 Å². The van der Waals surface area contributed by atoms with Crippen molar-refractivity contribution in [3.8, 4) is 0 Å². The Morgan fingerprint density at radius 1 is 1.33 bits per heavy atom. The molecule has 0 radical (unpaired) electrons.